The highest BCUT2D eigenvalue weighted by Gasteiger charge is 2.08. The standard InChI is InChI=1S/C16H21BrN4/c1-5-21(6-2)16-10-15(18-12(4)19-16)20-13-8-7-11(3)14(17)9-13/h7-10H,5-6H2,1-4H3,(H,18,19,20). The molecule has 1 aromatic carbocycles. The van der Waals surface area contributed by atoms with Crippen LogP contribution in [0, 0.1) is 13.8 Å². The predicted octanol–water partition coefficient (Wildman–Crippen LogP) is 4.45. The van der Waals surface area contributed by atoms with E-state index in [-0.39, 0.29) is 0 Å². The summed E-state index contributed by atoms with van der Waals surface area (Å²) in [5, 5.41) is 3.35. The van der Waals surface area contributed by atoms with Gasteiger partial charge in [-0.2, -0.15) is 0 Å². The zero-order chi connectivity index (χ0) is 15.4. The van der Waals surface area contributed by atoms with Gasteiger partial charge >= 0.3 is 0 Å². The molecule has 0 radical (unpaired) electrons. The van der Waals surface area contributed by atoms with Crippen molar-refractivity contribution in [2.45, 2.75) is 27.7 Å². The molecule has 0 bridgehead atoms. The second-order valence-corrected chi connectivity index (χ2v) is 5.77. The number of hydrogen-bond donors (Lipinski definition) is 1. The molecule has 5 heteroatoms. The van der Waals surface area contributed by atoms with Crippen molar-refractivity contribution in [3.8, 4) is 0 Å². The maximum atomic E-state index is 4.51. The van der Waals surface area contributed by atoms with Gasteiger partial charge in [-0.05, 0) is 45.4 Å². The zero-order valence-corrected chi connectivity index (χ0v) is 14.5. The van der Waals surface area contributed by atoms with E-state index in [1.807, 2.05) is 13.0 Å². The Bertz CT molecular complexity index is 624. The number of aryl methyl sites for hydroxylation is 2. The van der Waals surface area contributed by atoms with Gasteiger partial charge in [-0.3, -0.25) is 0 Å². The van der Waals surface area contributed by atoms with E-state index < -0.39 is 0 Å². The maximum Gasteiger partial charge on any atom is 0.136 e. The Morgan fingerprint density at radius 3 is 2.43 bits per heavy atom. The second kappa shape index (κ2) is 6.89. The molecule has 0 saturated heterocycles. The van der Waals surface area contributed by atoms with Crippen molar-refractivity contribution in [1.29, 1.82) is 0 Å². The lowest BCUT2D eigenvalue weighted by Crippen LogP contribution is -2.23. The summed E-state index contributed by atoms with van der Waals surface area (Å²) in [4.78, 5) is 11.2. The second-order valence-electron chi connectivity index (χ2n) is 4.92. The predicted molar refractivity (Wildman–Crippen MR) is 92.5 cm³/mol. The van der Waals surface area contributed by atoms with Crippen LogP contribution in [0.15, 0.2) is 28.7 Å². The Balaban J connectivity index is 2.29. The van der Waals surface area contributed by atoms with E-state index in [1.165, 1.54) is 5.56 Å². The molecule has 1 N–H and O–H groups in total. The van der Waals surface area contributed by atoms with E-state index in [0.29, 0.717) is 0 Å². The van der Waals surface area contributed by atoms with Crippen LogP contribution < -0.4 is 10.2 Å². The van der Waals surface area contributed by atoms with Gasteiger partial charge in [0, 0.05) is 29.3 Å². The van der Waals surface area contributed by atoms with Crippen molar-refractivity contribution in [3.05, 3.63) is 40.1 Å². The summed E-state index contributed by atoms with van der Waals surface area (Å²) in [6.07, 6.45) is 0. The van der Waals surface area contributed by atoms with Gasteiger partial charge < -0.3 is 10.2 Å². The van der Waals surface area contributed by atoms with Crippen LogP contribution in [0.3, 0.4) is 0 Å². The summed E-state index contributed by atoms with van der Waals surface area (Å²) >= 11 is 3.55. The third-order valence-corrected chi connectivity index (χ3v) is 4.21. The molecule has 0 unspecified atom stereocenters. The summed E-state index contributed by atoms with van der Waals surface area (Å²) in [6, 6.07) is 8.18. The normalized spacial score (nSPS) is 10.5. The summed E-state index contributed by atoms with van der Waals surface area (Å²) in [5.41, 5.74) is 2.22. The lowest BCUT2D eigenvalue weighted by atomic mass is 10.2. The number of nitrogens with zero attached hydrogens (tertiary/aromatic N) is 3. The number of hydrogen-bond acceptors (Lipinski definition) is 4. The van der Waals surface area contributed by atoms with Crippen LogP contribution in [-0.2, 0) is 0 Å². The number of anilines is 3. The molecule has 0 aliphatic heterocycles. The van der Waals surface area contributed by atoms with Crippen molar-refractivity contribution in [3.63, 3.8) is 0 Å². The van der Waals surface area contributed by atoms with Crippen molar-refractivity contribution < 1.29 is 0 Å². The van der Waals surface area contributed by atoms with Crippen LogP contribution >= 0.6 is 15.9 Å². The average molecular weight is 349 g/mol. The van der Waals surface area contributed by atoms with E-state index in [9.17, 15) is 0 Å². The fourth-order valence-electron chi connectivity index (χ4n) is 2.14. The van der Waals surface area contributed by atoms with Crippen LogP contribution in [0.1, 0.15) is 25.2 Å². The molecule has 1 aromatic heterocycles. The quantitative estimate of drug-likeness (QED) is 0.866. The summed E-state index contributed by atoms with van der Waals surface area (Å²) in [5.74, 6) is 2.55. The molecular weight excluding hydrogens is 328 g/mol. The van der Waals surface area contributed by atoms with Crippen molar-refractivity contribution in [2.75, 3.05) is 23.3 Å². The smallest absolute Gasteiger partial charge is 0.136 e. The van der Waals surface area contributed by atoms with Crippen LogP contribution in [0.2, 0.25) is 0 Å². The monoisotopic (exact) mass is 348 g/mol. The van der Waals surface area contributed by atoms with Gasteiger partial charge in [0.15, 0.2) is 0 Å². The first-order valence-corrected chi connectivity index (χ1v) is 7.96. The highest BCUT2D eigenvalue weighted by molar-refractivity contribution is 9.10. The first kappa shape index (κ1) is 15.8. The van der Waals surface area contributed by atoms with Gasteiger partial charge in [-0.15, -0.1) is 0 Å². The highest BCUT2D eigenvalue weighted by atomic mass is 79.9. The van der Waals surface area contributed by atoms with Crippen molar-refractivity contribution >= 4 is 33.3 Å². The Morgan fingerprint density at radius 2 is 1.81 bits per heavy atom. The number of rotatable bonds is 5. The molecule has 1 heterocycles. The Kier molecular flexibility index (Phi) is 5.17. The SMILES string of the molecule is CCN(CC)c1cc(Nc2ccc(C)c(Br)c2)nc(C)n1. The fourth-order valence-corrected chi connectivity index (χ4v) is 2.52. The largest absolute Gasteiger partial charge is 0.357 e. The summed E-state index contributed by atoms with van der Waals surface area (Å²) in [7, 11) is 0. The number of halogens is 1. The van der Waals surface area contributed by atoms with Crippen molar-refractivity contribution in [1.82, 2.24) is 9.97 Å². The molecule has 4 nitrogen and oxygen atoms in total. The van der Waals surface area contributed by atoms with E-state index in [1.54, 1.807) is 0 Å². The minimum absolute atomic E-state index is 0.771. The van der Waals surface area contributed by atoms with Gasteiger partial charge in [0.1, 0.15) is 17.5 Å². The lowest BCUT2D eigenvalue weighted by molar-refractivity contribution is 0.835. The maximum absolute atomic E-state index is 4.51. The molecule has 21 heavy (non-hydrogen) atoms. The third kappa shape index (κ3) is 3.94. The summed E-state index contributed by atoms with van der Waals surface area (Å²) < 4.78 is 1.09. The number of aromatic nitrogens is 2. The Labute approximate surface area is 134 Å². The molecular formula is C16H21BrN4. The lowest BCUT2D eigenvalue weighted by Gasteiger charge is -2.20. The highest BCUT2D eigenvalue weighted by Crippen LogP contribution is 2.24. The zero-order valence-electron chi connectivity index (χ0n) is 12.9. The minimum atomic E-state index is 0.771. The molecule has 2 rings (SSSR count). The van der Waals surface area contributed by atoms with E-state index in [0.717, 1.165) is 40.7 Å². The Morgan fingerprint density at radius 1 is 1.10 bits per heavy atom. The van der Waals surface area contributed by atoms with Gasteiger partial charge in [-0.1, -0.05) is 22.0 Å². The molecule has 112 valence electrons. The van der Waals surface area contributed by atoms with Crippen LogP contribution in [0.5, 0.6) is 0 Å². The first-order chi connectivity index (χ1) is 10.0. The van der Waals surface area contributed by atoms with E-state index in [4.69, 9.17) is 0 Å². The van der Waals surface area contributed by atoms with Crippen LogP contribution in [0.4, 0.5) is 17.3 Å². The van der Waals surface area contributed by atoms with E-state index >= 15 is 0 Å². The molecule has 0 atom stereocenters. The van der Waals surface area contributed by atoms with Crippen LogP contribution in [0.25, 0.3) is 0 Å². The average Bonchev–Trinajstić information content (AvgIpc) is 2.44. The van der Waals surface area contributed by atoms with Crippen LogP contribution in [-0.4, -0.2) is 23.1 Å². The van der Waals surface area contributed by atoms with Crippen molar-refractivity contribution in [2.24, 2.45) is 0 Å². The molecule has 2 aromatic rings. The van der Waals surface area contributed by atoms with E-state index in [2.05, 4.69) is 75.1 Å². The van der Waals surface area contributed by atoms with Gasteiger partial charge in [0.25, 0.3) is 0 Å². The topological polar surface area (TPSA) is 41.0 Å². The van der Waals surface area contributed by atoms with Gasteiger partial charge in [0.2, 0.25) is 0 Å². The molecule has 0 saturated carbocycles. The number of benzene rings is 1. The number of nitrogens with one attached hydrogen (secondary N) is 1. The van der Waals surface area contributed by atoms with Gasteiger partial charge in [-0.25, -0.2) is 9.97 Å². The first-order valence-electron chi connectivity index (χ1n) is 7.17. The Hall–Kier alpha value is -1.62. The molecule has 0 aliphatic carbocycles. The third-order valence-electron chi connectivity index (χ3n) is 3.36. The summed E-state index contributed by atoms with van der Waals surface area (Å²) in [6.45, 7) is 10.1. The molecule has 0 aliphatic rings. The molecule has 0 fully saturated rings. The molecule has 0 amide bonds. The fraction of sp³-hybridized carbons (Fsp3) is 0.375. The van der Waals surface area contributed by atoms with Gasteiger partial charge in [0.05, 0.1) is 0 Å². The molecule has 0 spiro atoms. The minimum Gasteiger partial charge on any atom is -0.357 e.